The van der Waals surface area contributed by atoms with Crippen molar-refractivity contribution in [2.45, 2.75) is 12.5 Å². The smallest absolute Gasteiger partial charge is 0.550 e. The third kappa shape index (κ3) is 5.18. The number of carbonyl (C=O) groups excluding carboxylic acids is 1. The fourth-order valence-corrected chi connectivity index (χ4v) is 0.684. The Hall–Kier alpha value is -0.630. The van der Waals surface area contributed by atoms with Crippen molar-refractivity contribution in [2.75, 3.05) is 0 Å². The summed E-state index contributed by atoms with van der Waals surface area (Å²) < 4.78 is 0. The third-order valence-electron chi connectivity index (χ3n) is 1.33. The molecule has 0 aromatic rings. The van der Waals surface area contributed by atoms with Crippen molar-refractivity contribution in [3.05, 3.63) is 0 Å². The summed E-state index contributed by atoms with van der Waals surface area (Å²) in [5.74, 6) is -7.16. The maximum Gasteiger partial charge on any atom is 1.00 e. The zero-order valence-corrected chi connectivity index (χ0v) is 9.34. The van der Waals surface area contributed by atoms with Gasteiger partial charge >= 0.3 is 41.5 Å². The van der Waals surface area contributed by atoms with Crippen LogP contribution in [-0.4, -0.2) is 39.3 Å². The second kappa shape index (κ2) is 6.77. The molecule has 74 valence electrons. The molecule has 14 heavy (non-hydrogen) atoms. The monoisotopic (exact) mass is 214 g/mol. The summed E-state index contributed by atoms with van der Waals surface area (Å²) in [6.45, 7) is 0. The first-order valence-electron chi connectivity index (χ1n) is 3.19. The maximum atomic E-state index is 10.2. The summed E-state index contributed by atoms with van der Waals surface area (Å²) in [5.41, 5.74) is 0. The summed E-state index contributed by atoms with van der Waals surface area (Å²) in [6, 6.07) is 0. The van der Waals surface area contributed by atoms with Crippen LogP contribution >= 0.6 is 0 Å². The number of carbonyl (C=O) groups is 3. The molecule has 0 fully saturated rings. The van der Waals surface area contributed by atoms with Gasteiger partial charge in [-0.2, -0.15) is 0 Å². The van der Waals surface area contributed by atoms with Crippen molar-refractivity contribution < 1.29 is 64.4 Å². The Kier molecular flexibility index (Phi) is 7.65. The van der Waals surface area contributed by atoms with Crippen LogP contribution in [0.15, 0.2) is 0 Å². The van der Waals surface area contributed by atoms with Gasteiger partial charge in [-0.25, -0.2) is 4.79 Å². The second-order valence-corrected chi connectivity index (χ2v) is 2.31. The van der Waals surface area contributed by atoms with Crippen LogP contribution in [0.4, 0.5) is 0 Å². The molecule has 0 amide bonds. The fraction of sp³-hybridized carbons (Fsp3) is 0.500. The van der Waals surface area contributed by atoms with Crippen LogP contribution in [0, 0.1) is 5.92 Å². The molecule has 2 unspecified atom stereocenters. The molecule has 3 N–H and O–H groups in total. The SMILES string of the molecule is O=C(O)CC(C(=O)[O-])C(O)C(=O)O.[Na+]. The van der Waals surface area contributed by atoms with Gasteiger partial charge in [0.25, 0.3) is 0 Å². The van der Waals surface area contributed by atoms with Gasteiger partial charge in [-0.1, -0.05) is 0 Å². The third-order valence-corrected chi connectivity index (χ3v) is 1.33. The van der Waals surface area contributed by atoms with Gasteiger partial charge < -0.3 is 25.2 Å². The van der Waals surface area contributed by atoms with Crippen molar-refractivity contribution in [1.82, 2.24) is 0 Å². The molecule has 0 saturated carbocycles. The Morgan fingerprint density at radius 3 is 1.86 bits per heavy atom. The number of carboxylic acid groups (broad SMARTS) is 3. The number of carboxylic acids is 3. The fourth-order valence-electron chi connectivity index (χ4n) is 0.684. The van der Waals surface area contributed by atoms with E-state index >= 15 is 0 Å². The summed E-state index contributed by atoms with van der Waals surface area (Å²) in [6.07, 6.45) is -3.25. The van der Waals surface area contributed by atoms with Gasteiger partial charge in [0.2, 0.25) is 0 Å². The normalized spacial score (nSPS) is 13.5. The van der Waals surface area contributed by atoms with Crippen LogP contribution in [0.2, 0.25) is 0 Å². The molecule has 0 bridgehead atoms. The van der Waals surface area contributed by atoms with E-state index < -0.39 is 36.4 Å². The molecule has 0 aliphatic carbocycles. The van der Waals surface area contributed by atoms with Crippen molar-refractivity contribution in [2.24, 2.45) is 5.92 Å². The molecule has 0 saturated heterocycles. The standard InChI is InChI=1S/C6H8O7.Na/c7-3(8)1-2(5(10)11)4(9)6(12)13;/h2,4,9H,1H2,(H,7,8)(H,10,11)(H,12,13);/q;+1/p-1. The summed E-state index contributed by atoms with van der Waals surface area (Å²) in [5, 5.41) is 35.3. The Balaban J connectivity index is 0. The minimum atomic E-state index is -2.26. The van der Waals surface area contributed by atoms with Crippen molar-refractivity contribution >= 4 is 17.9 Å². The van der Waals surface area contributed by atoms with Gasteiger partial charge in [0.1, 0.15) is 0 Å². The minimum Gasteiger partial charge on any atom is -0.550 e. The molecular weight excluding hydrogens is 207 g/mol. The first-order chi connectivity index (χ1) is 5.86. The Labute approximate surface area is 101 Å². The molecule has 0 spiro atoms. The number of aliphatic hydroxyl groups is 1. The first kappa shape index (κ1) is 15.8. The van der Waals surface area contributed by atoms with Gasteiger partial charge in [-0.15, -0.1) is 0 Å². The van der Waals surface area contributed by atoms with E-state index in [2.05, 4.69) is 0 Å². The summed E-state index contributed by atoms with van der Waals surface area (Å²) in [4.78, 5) is 30.3. The Bertz CT molecular complexity index is 238. The first-order valence-corrected chi connectivity index (χ1v) is 3.19. The molecule has 0 aromatic carbocycles. The van der Waals surface area contributed by atoms with Crippen LogP contribution in [-0.2, 0) is 14.4 Å². The minimum absolute atomic E-state index is 0. The van der Waals surface area contributed by atoms with Gasteiger partial charge in [-0.3, -0.25) is 4.79 Å². The van der Waals surface area contributed by atoms with Gasteiger partial charge in [-0.05, 0) is 0 Å². The molecule has 0 aliphatic heterocycles. The average Bonchev–Trinajstić information content (AvgIpc) is 1.97. The van der Waals surface area contributed by atoms with E-state index in [1.165, 1.54) is 0 Å². The molecule has 8 heteroatoms. The molecule has 0 aromatic heterocycles. The summed E-state index contributed by atoms with van der Waals surface area (Å²) in [7, 11) is 0. The van der Waals surface area contributed by atoms with E-state index in [1.807, 2.05) is 0 Å². The molecule has 0 rings (SSSR count). The van der Waals surface area contributed by atoms with E-state index in [0.29, 0.717) is 0 Å². The van der Waals surface area contributed by atoms with Crippen molar-refractivity contribution in [3.8, 4) is 0 Å². The zero-order valence-electron chi connectivity index (χ0n) is 7.34. The number of hydrogen-bond donors (Lipinski definition) is 3. The van der Waals surface area contributed by atoms with Crippen LogP contribution in [0.1, 0.15) is 6.42 Å². The van der Waals surface area contributed by atoms with Gasteiger partial charge in [0, 0.05) is 11.9 Å². The molecule has 0 radical (unpaired) electrons. The topological polar surface area (TPSA) is 135 Å². The average molecular weight is 214 g/mol. The van der Waals surface area contributed by atoms with Crippen molar-refractivity contribution in [3.63, 3.8) is 0 Å². The van der Waals surface area contributed by atoms with E-state index in [0.717, 1.165) is 0 Å². The van der Waals surface area contributed by atoms with Crippen LogP contribution < -0.4 is 34.7 Å². The predicted octanol–water partition coefficient (Wildman–Crippen LogP) is -5.72. The zero-order chi connectivity index (χ0) is 10.6. The van der Waals surface area contributed by atoms with Gasteiger partial charge in [0.15, 0.2) is 6.10 Å². The van der Waals surface area contributed by atoms with Crippen LogP contribution in [0.25, 0.3) is 0 Å². The number of aliphatic carboxylic acids is 3. The molecule has 2 atom stereocenters. The predicted molar refractivity (Wildman–Crippen MR) is 34.4 cm³/mol. The molecule has 0 heterocycles. The second-order valence-electron chi connectivity index (χ2n) is 2.31. The van der Waals surface area contributed by atoms with Crippen LogP contribution in [0.5, 0.6) is 0 Å². The Morgan fingerprint density at radius 2 is 1.64 bits per heavy atom. The van der Waals surface area contributed by atoms with Crippen LogP contribution in [0.3, 0.4) is 0 Å². The van der Waals surface area contributed by atoms with E-state index in [4.69, 9.17) is 15.3 Å². The van der Waals surface area contributed by atoms with E-state index in [9.17, 15) is 19.5 Å². The molecular formula is C6H7NaO7. The van der Waals surface area contributed by atoms with Gasteiger partial charge in [0.05, 0.1) is 6.42 Å². The maximum absolute atomic E-state index is 10.2. The summed E-state index contributed by atoms with van der Waals surface area (Å²) >= 11 is 0. The Morgan fingerprint density at radius 1 is 1.21 bits per heavy atom. The molecule has 7 nitrogen and oxygen atoms in total. The number of hydrogen-bond acceptors (Lipinski definition) is 5. The van der Waals surface area contributed by atoms with E-state index in [1.54, 1.807) is 0 Å². The number of rotatable bonds is 5. The largest absolute Gasteiger partial charge is 1.00 e. The number of aliphatic hydroxyl groups excluding tert-OH is 1. The van der Waals surface area contributed by atoms with E-state index in [-0.39, 0.29) is 29.6 Å². The van der Waals surface area contributed by atoms with Crippen molar-refractivity contribution in [1.29, 1.82) is 0 Å². The molecule has 0 aliphatic rings. The quantitative estimate of drug-likeness (QED) is 0.388.